The van der Waals surface area contributed by atoms with Crippen molar-refractivity contribution < 1.29 is 9.50 Å². The van der Waals surface area contributed by atoms with Crippen LogP contribution in [-0.4, -0.2) is 65.6 Å². The van der Waals surface area contributed by atoms with Crippen LogP contribution < -0.4 is 9.80 Å². The minimum absolute atomic E-state index is 0.150. The number of piperazine rings is 1. The molecule has 5 heterocycles. The van der Waals surface area contributed by atoms with E-state index in [1.165, 1.54) is 6.08 Å². The van der Waals surface area contributed by atoms with Gasteiger partial charge in [0.2, 0.25) is 5.95 Å². The van der Waals surface area contributed by atoms with Crippen molar-refractivity contribution in [3.05, 3.63) is 73.0 Å². The highest BCUT2D eigenvalue weighted by Crippen LogP contribution is 2.52. The first-order valence-corrected chi connectivity index (χ1v) is 13.4. The Morgan fingerprint density at radius 2 is 1.72 bits per heavy atom. The summed E-state index contributed by atoms with van der Waals surface area (Å²) in [6, 6.07) is 2.10. The van der Waals surface area contributed by atoms with E-state index in [9.17, 15) is 9.50 Å². The number of aryl methyl sites for hydroxylation is 1. The number of fused-ring (bicyclic) bond motifs is 1. The first kappa shape index (κ1) is 24.0. The molecule has 2 atom stereocenters. The highest BCUT2D eigenvalue weighted by atomic mass is 19.1. The molecule has 0 spiro atoms. The predicted molar refractivity (Wildman–Crippen MR) is 145 cm³/mol. The fraction of sp³-hybridized carbons (Fsp3) is 0.393. The van der Waals surface area contributed by atoms with Crippen LogP contribution in [-0.2, 0) is 12.6 Å². The normalized spacial score (nSPS) is 21.3. The van der Waals surface area contributed by atoms with Crippen LogP contribution in [0.5, 0.6) is 0 Å². The summed E-state index contributed by atoms with van der Waals surface area (Å²) < 4.78 is 17.2. The van der Waals surface area contributed by atoms with E-state index in [0.717, 1.165) is 61.5 Å². The Balaban J connectivity index is 1.06. The summed E-state index contributed by atoms with van der Waals surface area (Å²) in [5.41, 5.74) is 2.67. The second-order valence-corrected chi connectivity index (χ2v) is 10.7. The Labute approximate surface area is 225 Å². The molecular weight excluding hydrogens is 497 g/mol. The molecule has 3 aliphatic rings. The molecule has 10 nitrogen and oxygen atoms in total. The molecular formula is C28H30FN9O. The number of hydrogen-bond acceptors (Lipinski definition) is 8. The maximum absolute atomic E-state index is 13.6. The van der Waals surface area contributed by atoms with Crippen LogP contribution in [0.15, 0.2) is 67.4 Å². The molecule has 4 aromatic rings. The Morgan fingerprint density at radius 1 is 0.949 bits per heavy atom. The van der Waals surface area contributed by atoms with Crippen molar-refractivity contribution in [2.45, 2.75) is 24.9 Å². The summed E-state index contributed by atoms with van der Waals surface area (Å²) in [5.74, 6) is 1.27. The van der Waals surface area contributed by atoms with Gasteiger partial charge in [-0.1, -0.05) is 6.08 Å². The van der Waals surface area contributed by atoms with Crippen molar-refractivity contribution in [2.75, 3.05) is 36.0 Å². The van der Waals surface area contributed by atoms with Crippen LogP contribution in [0.2, 0.25) is 0 Å². The number of aliphatic hydroxyl groups is 1. The van der Waals surface area contributed by atoms with E-state index in [-0.39, 0.29) is 17.7 Å². The van der Waals surface area contributed by atoms with E-state index >= 15 is 0 Å². The molecule has 1 unspecified atom stereocenters. The van der Waals surface area contributed by atoms with Crippen LogP contribution in [0.3, 0.4) is 0 Å². The molecule has 39 heavy (non-hydrogen) atoms. The van der Waals surface area contributed by atoms with Crippen molar-refractivity contribution in [3.8, 4) is 11.1 Å². The van der Waals surface area contributed by atoms with Crippen molar-refractivity contribution in [2.24, 2.45) is 18.9 Å². The van der Waals surface area contributed by atoms with Gasteiger partial charge in [-0.3, -0.25) is 4.68 Å². The molecule has 0 amide bonds. The molecule has 2 fully saturated rings. The molecule has 1 saturated carbocycles. The lowest BCUT2D eigenvalue weighted by Gasteiger charge is -2.37. The minimum atomic E-state index is -1.07. The number of aromatic nitrogens is 7. The van der Waals surface area contributed by atoms with E-state index in [0.29, 0.717) is 17.9 Å². The zero-order valence-electron chi connectivity index (χ0n) is 21.7. The molecule has 1 N–H and O–H groups in total. The fourth-order valence-corrected chi connectivity index (χ4v) is 5.89. The van der Waals surface area contributed by atoms with Gasteiger partial charge in [0.25, 0.3) is 0 Å². The van der Waals surface area contributed by atoms with Crippen LogP contribution in [0.25, 0.3) is 16.6 Å². The van der Waals surface area contributed by atoms with E-state index in [4.69, 9.17) is 0 Å². The Morgan fingerprint density at radius 3 is 2.38 bits per heavy atom. The van der Waals surface area contributed by atoms with Crippen molar-refractivity contribution in [1.82, 2.24) is 34.3 Å². The zero-order chi connectivity index (χ0) is 26.6. The lowest BCUT2D eigenvalue weighted by atomic mass is 9.75. The highest BCUT2D eigenvalue weighted by molar-refractivity contribution is 5.77. The Kier molecular flexibility index (Phi) is 5.69. The summed E-state index contributed by atoms with van der Waals surface area (Å²) in [4.78, 5) is 18.4. The Hall–Kier alpha value is -4.12. The topological polar surface area (TPSA) is 100 Å². The molecule has 4 aromatic heterocycles. The second-order valence-electron chi connectivity index (χ2n) is 10.7. The molecule has 200 valence electrons. The summed E-state index contributed by atoms with van der Waals surface area (Å²) >= 11 is 0. The standard InChI is InChI=1S/C28H30FN9O/c1-35-16-20(13-33-35)19-12-25-26(32-18-34-38(25)17-19)36-8-10-37(11-9-36)27-30-14-23(15-31-27)28(39,21-2-3-21)22-4-6-24(29)7-5-22/h4,6-7,12-18,21-22,39H,2-3,5,8-11H2,1H3/t22?,28-/m1/s1. The maximum atomic E-state index is 13.6. The lowest BCUT2D eigenvalue weighted by Crippen LogP contribution is -2.47. The molecule has 0 aromatic carbocycles. The van der Waals surface area contributed by atoms with Gasteiger partial charge in [-0.2, -0.15) is 10.2 Å². The molecule has 1 saturated heterocycles. The van der Waals surface area contributed by atoms with E-state index in [1.807, 2.05) is 30.2 Å². The average Bonchev–Trinajstić information content (AvgIpc) is 3.60. The smallest absolute Gasteiger partial charge is 0.225 e. The van der Waals surface area contributed by atoms with Gasteiger partial charge in [-0.15, -0.1) is 0 Å². The van der Waals surface area contributed by atoms with Crippen molar-refractivity contribution in [1.29, 1.82) is 0 Å². The fourth-order valence-electron chi connectivity index (χ4n) is 5.89. The number of nitrogens with zero attached hydrogens (tertiary/aromatic N) is 9. The SMILES string of the molecule is Cn1cc(-c2cc3c(N4CCN(c5ncc([C@](O)(C6C=CC(F)=CC6)C6CC6)cn5)CC4)ncnn3c2)cn1. The van der Waals surface area contributed by atoms with Gasteiger partial charge in [-0.25, -0.2) is 23.9 Å². The molecule has 7 rings (SSSR count). The monoisotopic (exact) mass is 527 g/mol. The molecule has 0 radical (unpaired) electrons. The van der Waals surface area contributed by atoms with E-state index in [1.54, 1.807) is 35.6 Å². The summed E-state index contributed by atoms with van der Waals surface area (Å²) in [5, 5.41) is 20.4. The third-order valence-electron chi connectivity index (χ3n) is 8.21. The van der Waals surface area contributed by atoms with Crippen LogP contribution >= 0.6 is 0 Å². The number of rotatable bonds is 6. The lowest BCUT2D eigenvalue weighted by molar-refractivity contribution is -0.0284. The van der Waals surface area contributed by atoms with Crippen LogP contribution in [0.4, 0.5) is 16.2 Å². The van der Waals surface area contributed by atoms with Gasteiger partial charge in [0, 0.05) is 80.6 Å². The number of anilines is 2. The van der Waals surface area contributed by atoms with Crippen LogP contribution in [0, 0.1) is 11.8 Å². The first-order valence-electron chi connectivity index (χ1n) is 13.4. The van der Waals surface area contributed by atoms with Crippen molar-refractivity contribution in [3.63, 3.8) is 0 Å². The largest absolute Gasteiger partial charge is 0.384 e. The maximum Gasteiger partial charge on any atom is 0.225 e. The van der Waals surface area contributed by atoms with Gasteiger partial charge in [0.15, 0.2) is 5.82 Å². The summed E-state index contributed by atoms with van der Waals surface area (Å²) in [7, 11) is 1.91. The molecule has 11 heteroatoms. The summed E-state index contributed by atoms with van der Waals surface area (Å²) in [6.07, 6.45) is 18.1. The number of allylic oxidation sites excluding steroid dienone is 3. The van der Waals surface area contributed by atoms with Gasteiger partial charge < -0.3 is 14.9 Å². The molecule has 0 bridgehead atoms. The first-order chi connectivity index (χ1) is 19.0. The van der Waals surface area contributed by atoms with Crippen LogP contribution in [0.1, 0.15) is 24.8 Å². The third-order valence-corrected chi connectivity index (χ3v) is 8.21. The highest BCUT2D eigenvalue weighted by Gasteiger charge is 2.50. The van der Waals surface area contributed by atoms with E-state index in [2.05, 4.69) is 41.0 Å². The van der Waals surface area contributed by atoms with Gasteiger partial charge in [0.1, 0.15) is 23.3 Å². The molecule has 1 aliphatic heterocycles. The van der Waals surface area contributed by atoms with E-state index < -0.39 is 5.60 Å². The molecule has 2 aliphatic carbocycles. The third kappa shape index (κ3) is 4.26. The van der Waals surface area contributed by atoms with Gasteiger partial charge >= 0.3 is 0 Å². The predicted octanol–water partition coefficient (Wildman–Crippen LogP) is 3.27. The minimum Gasteiger partial charge on any atom is -0.384 e. The van der Waals surface area contributed by atoms with Crippen molar-refractivity contribution >= 4 is 17.3 Å². The Bertz CT molecular complexity index is 1560. The zero-order valence-corrected chi connectivity index (χ0v) is 21.7. The second kappa shape index (κ2) is 9.26. The number of hydrogen-bond donors (Lipinski definition) is 1. The number of halogens is 1. The average molecular weight is 528 g/mol. The van der Waals surface area contributed by atoms with Gasteiger partial charge in [0.05, 0.1) is 6.20 Å². The van der Waals surface area contributed by atoms with Gasteiger partial charge in [-0.05, 0) is 43.4 Å². The quantitative estimate of drug-likeness (QED) is 0.408. The summed E-state index contributed by atoms with van der Waals surface area (Å²) in [6.45, 7) is 3.02.